The van der Waals surface area contributed by atoms with Gasteiger partial charge in [0.25, 0.3) is 5.69 Å². The average Bonchev–Trinajstić information content (AvgIpc) is 3.54. The lowest BCUT2D eigenvalue weighted by Crippen LogP contribution is -2.36. The molecule has 1 unspecified atom stereocenters. The molecule has 2 aliphatic heterocycles. The zero-order chi connectivity index (χ0) is 27.7. The number of amides is 2. The van der Waals surface area contributed by atoms with Crippen LogP contribution < -0.4 is 15.1 Å². The molecule has 0 aliphatic carbocycles. The molecule has 0 bridgehead atoms. The van der Waals surface area contributed by atoms with E-state index in [0.717, 1.165) is 17.0 Å². The number of ether oxygens (including phenoxy) is 1. The number of aromatic nitrogens is 4. The van der Waals surface area contributed by atoms with Crippen molar-refractivity contribution in [2.24, 2.45) is 0 Å². The Hall–Kier alpha value is -4.69. The largest absolute Gasteiger partial charge is 0.442 e. The number of hydrogen-bond donors (Lipinski definition) is 1. The van der Waals surface area contributed by atoms with Crippen molar-refractivity contribution in [3.8, 4) is 11.4 Å². The van der Waals surface area contributed by atoms with Crippen molar-refractivity contribution < 1.29 is 28.0 Å². The predicted molar refractivity (Wildman–Crippen MR) is 133 cm³/mol. The Morgan fingerprint density at radius 3 is 2.46 bits per heavy atom. The zero-order valence-electron chi connectivity index (χ0n) is 20.8. The van der Waals surface area contributed by atoms with Gasteiger partial charge in [0.2, 0.25) is 11.7 Å². The summed E-state index contributed by atoms with van der Waals surface area (Å²) in [4.78, 5) is 37.9. The van der Waals surface area contributed by atoms with Gasteiger partial charge in [-0.1, -0.05) is 0 Å². The van der Waals surface area contributed by atoms with Crippen LogP contribution in [0.2, 0.25) is 0 Å². The van der Waals surface area contributed by atoms with Crippen molar-refractivity contribution in [1.29, 1.82) is 0 Å². The van der Waals surface area contributed by atoms with Crippen LogP contribution >= 0.6 is 0 Å². The van der Waals surface area contributed by atoms with Crippen LogP contribution in [0.3, 0.4) is 0 Å². The van der Waals surface area contributed by atoms with Gasteiger partial charge < -0.3 is 15.0 Å². The van der Waals surface area contributed by atoms with Gasteiger partial charge in [-0.05, 0) is 30.2 Å². The molecule has 204 valence electrons. The fourth-order valence-electron chi connectivity index (χ4n) is 4.65. The van der Waals surface area contributed by atoms with E-state index in [1.54, 1.807) is 17.0 Å². The number of benzene rings is 2. The zero-order valence-corrected chi connectivity index (χ0v) is 20.8. The molecule has 3 heterocycles. The van der Waals surface area contributed by atoms with Gasteiger partial charge in [-0.3, -0.25) is 19.8 Å². The van der Waals surface area contributed by atoms with Crippen molar-refractivity contribution in [1.82, 2.24) is 25.5 Å². The summed E-state index contributed by atoms with van der Waals surface area (Å²) in [6, 6.07) is 7.86. The summed E-state index contributed by atoms with van der Waals surface area (Å²) in [5.74, 6) is -1.57. The van der Waals surface area contributed by atoms with Crippen LogP contribution in [0.25, 0.3) is 11.4 Å². The van der Waals surface area contributed by atoms with Gasteiger partial charge >= 0.3 is 6.09 Å². The maximum absolute atomic E-state index is 15.1. The number of carbonyl (C=O) groups excluding carboxylic acids is 2. The standard InChI is InChI=1S/C24H24F2N8O5/c1-14(35)27-12-19-13-32(24(36)39-19)18-10-20(25)22(21(26)11-18)31-8-6-16(7-9-31)33-29-23(28-30-33)15-2-4-17(5-3-15)34(37)38/h2-5,10-11,16,19H,6-9,12-13H2,1H3,(H,27,35). The Balaban J connectivity index is 1.23. The SMILES string of the molecule is CC(=O)NCC1CN(c2cc(F)c(N3CCC(n4nnc(-c5ccc([N+](=O)[O-])cc5)n4)CC3)c(F)c2)C(=O)O1. The summed E-state index contributed by atoms with van der Waals surface area (Å²) in [5, 5.41) is 25.9. The molecule has 1 N–H and O–H groups in total. The molecule has 2 amide bonds. The number of carbonyl (C=O) groups is 2. The highest BCUT2D eigenvalue weighted by Crippen LogP contribution is 2.34. The van der Waals surface area contributed by atoms with Crippen LogP contribution in [-0.4, -0.2) is 69.4 Å². The minimum Gasteiger partial charge on any atom is -0.442 e. The minimum absolute atomic E-state index is 0.0320. The first kappa shape index (κ1) is 25.9. The number of nitro groups is 1. The number of nitro benzene ring substituents is 1. The van der Waals surface area contributed by atoms with Crippen molar-refractivity contribution >= 4 is 29.1 Å². The lowest BCUT2D eigenvalue weighted by atomic mass is 10.0. The molecule has 0 radical (unpaired) electrons. The maximum Gasteiger partial charge on any atom is 0.414 e. The van der Waals surface area contributed by atoms with Gasteiger partial charge in [0.1, 0.15) is 11.8 Å². The lowest BCUT2D eigenvalue weighted by molar-refractivity contribution is -0.384. The number of piperidine rings is 1. The van der Waals surface area contributed by atoms with Gasteiger partial charge in [0, 0.05) is 49.8 Å². The third kappa shape index (κ3) is 5.46. The van der Waals surface area contributed by atoms with Crippen LogP contribution in [0.1, 0.15) is 25.8 Å². The van der Waals surface area contributed by atoms with Gasteiger partial charge in [0.15, 0.2) is 11.6 Å². The first-order valence-electron chi connectivity index (χ1n) is 12.2. The summed E-state index contributed by atoms with van der Waals surface area (Å²) in [7, 11) is 0. The number of rotatable bonds is 7. The van der Waals surface area contributed by atoms with E-state index in [9.17, 15) is 19.7 Å². The number of nitrogens with zero attached hydrogens (tertiary/aromatic N) is 7. The molecule has 2 fully saturated rings. The van der Waals surface area contributed by atoms with E-state index < -0.39 is 28.8 Å². The quantitative estimate of drug-likeness (QED) is 0.351. The van der Waals surface area contributed by atoms with E-state index in [1.807, 2.05) is 0 Å². The third-order valence-electron chi connectivity index (χ3n) is 6.64. The minimum atomic E-state index is -0.805. The molecule has 0 spiro atoms. The number of halogens is 2. The number of anilines is 2. The molecule has 2 aliphatic rings. The second kappa shape index (κ2) is 10.6. The molecule has 3 aromatic rings. The second-order valence-corrected chi connectivity index (χ2v) is 9.27. The number of non-ortho nitro benzene ring substituents is 1. The Labute approximate surface area is 220 Å². The van der Waals surface area contributed by atoms with Crippen LogP contribution in [0, 0.1) is 21.7 Å². The lowest BCUT2D eigenvalue weighted by Gasteiger charge is -2.33. The molecule has 2 aromatic carbocycles. The molecule has 13 nitrogen and oxygen atoms in total. The van der Waals surface area contributed by atoms with E-state index >= 15 is 8.78 Å². The van der Waals surface area contributed by atoms with Gasteiger partial charge in [-0.25, -0.2) is 13.6 Å². The van der Waals surface area contributed by atoms with E-state index in [0.29, 0.717) is 37.3 Å². The van der Waals surface area contributed by atoms with Crippen LogP contribution in [0.4, 0.5) is 30.6 Å². The predicted octanol–water partition coefficient (Wildman–Crippen LogP) is 2.83. The topological polar surface area (TPSA) is 149 Å². The summed E-state index contributed by atoms with van der Waals surface area (Å²) in [6.07, 6.45) is -0.372. The number of hydrogen-bond acceptors (Lipinski definition) is 9. The fraction of sp³-hybridized carbons (Fsp3) is 0.375. The first-order valence-corrected chi connectivity index (χ1v) is 12.2. The van der Waals surface area contributed by atoms with Gasteiger partial charge in [0.05, 0.1) is 29.7 Å². The first-order chi connectivity index (χ1) is 18.7. The Bertz CT molecular complexity index is 1380. The molecular weight excluding hydrogens is 518 g/mol. The molecule has 15 heteroatoms. The van der Waals surface area contributed by atoms with E-state index in [-0.39, 0.29) is 42.1 Å². The van der Waals surface area contributed by atoms with E-state index in [2.05, 4.69) is 20.7 Å². The fourth-order valence-corrected chi connectivity index (χ4v) is 4.65. The Morgan fingerprint density at radius 2 is 1.85 bits per heavy atom. The summed E-state index contributed by atoms with van der Waals surface area (Å²) in [5.41, 5.74) is 0.386. The highest BCUT2D eigenvalue weighted by atomic mass is 19.1. The highest BCUT2D eigenvalue weighted by Gasteiger charge is 2.34. The second-order valence-electron chi connectivity index (χ2n) is 9.27. The van der Waals surface area contributed by atoms with E-state index in [4.69, 9.17) is 4.74 Å². The van der Waals surface area contributed by atoms with Crippen LogP contribution in [0.15, 0.2) is 36.4 Å². The van der Waals surface area contributed by atoms with Crippen LogP contribution in [0.5, 0.6) is 0 Å². The molecular formula is C24H24F2N8O5. The van der Waals surface area contributed by atoms with Crippen molar-refractivity contribution in [3.05, 3.63) is 58.1 Å². The monoisotopic (exact) mass is 542 g/mol. The van der Waals surface area contributed by atoms with E-state index in [1.165, 1.54) is 23.9 Å². The molecule has 1 atom stereocenters. The Kier molecular flexibility index (Phi) is 7.04. The third-order valence-corrected chi connectivity index (χ3v) is 6.64. The molecule has 0 saturated carbocycles. The maximum atomic E-state index is 15.1. The van der Waals surface area contributed by atoms with Crippen molar-refractivity contribution in [2.75, 3.05) is 36.0 Å². The number of nitrogens with one attached hydrogen (secondary N) is 1. The normalized spacial score (nSPS) is 17.8. The summed E-state index contributed by atoms with van der Waals surface area (Å²) < 4.78 is 35.4. The summed E-state index contributed by atoms with van der Waals surface area (Å²) >= 11 is 0. The Morgan fingerprint density at radius 1 is 1.18 bits per heavy atom. The number of cyclic esters (lactones) is 1. The molecule has 39 heavy (non-hydrogen) atoms. The van der Waals surface area contributed by atoms with Gasteiger partial charge in [-0.15, -0.1) is 10.2 Å². The smallest absolute Gasteiger partial charge is 0.414 e. The van der Waals surface area contributed by atoms with Gasteiger partial charge in [-0.2, -0.15) is 4.80 Å². The van der Waals surface area contributed by atoms with Crippen molar-refractivity contribution in [3.63, 3.8) is 0 Å². The number of tetrazole rings is 1. The average molecular weight is 543 g/mol. The highest BCUT2D eigenvalue weighted by molar-refractivity contribution is 5.90. The molecule has 2 saturated heterocycles. The molecule has 1 aromatic heterocycles. The van der Waals surface area contributed by atoms with Crippen LogP contribution in [-0.2, 0) is 9.53 Å². The molecule has 5 rings (SSSR count). The van der Waals surface area contributed by atoms with Crippen molar-refractivity contribution in [2.45, 2.75) is 31.9 Å². The summed E-state index contributed by atoms with van der Waals surface area (Å²) in [6.45, 7) is 2.15.